The van der Waals surface area contributed by atoms with Crippen molar-refractivity contribution in [2.24, 2.45) is 0 Å². The van der Waals surface area contributed by atoms with E-state index in [1.54, 1.807) is 0 Å². The first-order chi connectivity index (χ1) is 10.3. The molecule has 0 fully saturated rings. The van der Waals surface area contributed by atoms with Crippen LogP contribution in [-0.2, 0) is 0 Å². The lowest BCUT2D eigenvalue weighted by atomic mass is 10.0. The van der Waals surface area contributed by atoms with Crippen molar-refractivity contribution in [3.8, 4) is 0 Å². The summed E-state index contributed by atoms with van der Waals surface area (Å²) in [6, 6.07) is 18.9. The minimum Gasteiger partial charge on any atom is -0.309 e. The smallest absolute Gasteiger partial charge is 0.000992 e. The first kappa shape index (κ1) is 15.3. The average Bonchev–Trinajstić information content (AvgIpc) is 2.51. The Kier molecular flexibility index (Phi) is 5.99. The average molecular weight is 277 g/mol. The number of hydrogen-bond acceptors (Lipinski definition) is 1. The molecule has 0 radical (unpaired) electrons. The molecule has 0 aromatic heterocycles. The molecule has 2 aromatic rings. The molecule has 0 heterocycles. The van der Waals surface area contributed by atoms with Crippen molar-refractivity contribution in [1.82, 2.24) is 4.90 Å². The first-order valence-electron chi connectivity index (χ1n) is 7.39. The summed E-state index contributed by atoms with van der Waals surface area (Å²) in [5.41, 5.74) is 3.75. The number of rotatable bonds is 6. The molecule has 0 aliphatic rings. The van der Waals surface area contributed by atoms with Gasteiger partial charge in [0.2, 0.25) is 0 Å². The third kappa shape index (κ3) is 5.41. The maximum atomic E-state index is 2.25. The highest BCUT2D eigenvalue weighted by Gasteiger charge is 1.94. The summed E-state index contributed by atoms with van der Waals surface area (Å²) in [6.45, 7) is 1.08. The standard InChI is InChI=1S/C20H23N/c1-21(2)17-9-8-14-19-12-6-7-13-20(19)16-15-18-10-4-3-5-11-18/h3-8,10-16H,9,17H2,1-2H3. The van der Waals surface area contributed by atoms with E-state index in [0.29, 0.717) is 0 Å². The lowest BCUT2D eigenvalue weighted by molar-refractivity contribution is 0.417. The van der Waals surface area contributed by atoms with Gasteiger partial charge in [0.05, 0.1) is 0 Å². The maximum absolute atomic E-state index is 2.25. The van der Waals surface area contributed by atoms with Crippen LogP contribution in [-0.4, -0.2) is 25.5 Å². The highest BCUT2D eigenvalue weighted by molar-refractivity contribution is 5.75. The van der Waals surface area contributed by atoms with E-state index in [0.717, 1.165) is 13.0 Å². The van der Waals surface area contributed by atoms with Gasteiger partial charge in [0, 0.05) is 6.54 Å². The van der Waals surface area contributed by atoms with Crippen LogP contribution in [0.2, 0.25) is 0 Å². The molecule has 0 unspecified atom stereocenters. The Balaban J connectivity index is 2.08. The predicted molar refractivity (Wildman–Crippen MR) is 94.0 cm³/mol. The lowest BCUT2D eigenvalue weighted by Crippen LogP contribution is -2.11. The first-order valence-corrected chi connectivity index (χ1v) is 7.39. The van der Waals surface area contributed by atoms with Crippen molar-refractivity contribution < 1.29 is 0 Å². The largest absolute Gasteiger partial charge is 0.309 e. The van der Waals surface area contributed by atoms with Gasteiger partial charge in [-0.2, -0.15) is 0 Å². The van der Waals surface area contributed by atoms with Crippen molar-refractivity contribution in [2.45, 2.75) is 6.42 Å². The molecular formula is C20H23N. The summed E-state index contributed by atoms with van der Waals surface area (Å²) in [5, 5.41) is 0. The second-order valence-electron chi connectivity index (χ2n) is 5.37. The fourth-order valence-electron chi connectivity index (χ4n) is 2.11. The zero-order chi connectivity index (χ0) is 14.9. The van der Waals surface area contributed by atoms with Crippen molar-refractivity contribution in [1.29, 1.82) is 0 Å². The summed E-state index contributed by atoms with van der Waals surface area (Å²) >= 11 is 0. The zero-order valence-corrected chi connectivity index (χ0v) is 12.9. The molecule has 0 aliphatic carbocycles. The Morgan fingerprint density at radius 1 is 0.762 bits per heavy atom. The molecule has 0 saturated carbocycles. The Labute approximate surface area is 128 Å². The monoisotopic (exact) mass is 277 g/mol. The van der Waals surface area contributed by atoms with Gasteiger partial charge >= 0.3 is 0 Å². The topological polar surface area (TPSA) is 3.24 Å². The molecule has 2 rings (SSSR count). The van der Waals surface area contributed by atoms with E-state index >= 15 is 0 Å². The van der Waals surface area contributed by atoms with Crippen LogP contribution < -0.4 is 0 Å². The van der Waals surface area contributed by atoms with Crippen LogP contribution in [0.5, 0.6) is 0 Å². The molecule has 21 heavy (non-hydrogen) atoms. The van der Waals surface area contributed by atoms with Crippen molar-refractivity contribution in [2.75, 3.05) is 20.6 Å². The fourth-order valence-corrected chi connectivity index (χ4v) is 2.11. The fraction of sp³-hybridized carbons (Fsp3) is 0.200. The van der Waals surface area contributed by atoms with E-state index in [9.17, 15) is 0 Å². The molecule has 0 aliphatic heterocycles. The van der Waals surface area contributed by atoms with Gasteiger partial charge in [0.1, 0.15) is 0 Å². The maximum Gasteiger partial charge on any atom is 0.000992 e. The van der Waals surface area contributed by atoms with E-state index in [1.807, 2.05) is 6.07 Å². The van der Waals surface area contributed by atoms with Gasteiger partial charge in [-0.15, -0.1) is 0 Å². The molecule has 1 nitrogen and oxygen atoms in total. The predicted octanol–water partition coefficient (Wildman–Crippen LogP) is 4.82. The molecule has 0 bridgehead atoms. The second kappa shape index (κ2) is 8.23. The summed E-state index contributed by atoms with van der Waals surface area (Å²) in [4.78, 5) is 2.20. The van der Waals surface area contributed by atoms with Gasteiger partial charge in [0.15, 0.2) is 0 Å². The van der Waals surface area contributed by atoms with E-state index in [1.165, 1.54) is 16.7 Å². The Bertz CT molecular complexity index is 594. The quantitative estimate of drug-likeness (QED) is 0.684. The molecular weight excluding hydrogens is 254 g/mol. The van der Waals surface area contributed by atoms with E-state index in [4.69, 9.17) is 0 Å². The van der Waals surface area contributed by atoms with Crippen LogP contribution in [0.15, 0.2) is 60.7 Å². The van der Waals surface area contributed by atoms with Crippen LogP contribution in [0.4, 0.5) is 0 Å². The summed E-state index contributed by atoms with van der Waals surface area (Å²) in [7, 11) is 4.20. The van der Waals surface area contributed by atoms with Crippen LogP contribution in [0, 0.1) is 0 Å². The van der Waals surface area contributed by atoms with Crippen LogP contribution in [0.1, 0.15) is 23.1 Å². The molecule has 0 saturated heterocycles. The van der Waals surface area contributed by atoms with Gasteiger partial charge in [-0.05, 0) is 37.2 Å². The van der Waals surface area contributed by atoms with E-state index in [-0.39, 0.29) is 0 Å². The molecule has 2 aromatic carbocycles. The van der Waals surface area contributed by atoms with Crippen molar-refractivity contribution in [3.05, 3.63) is 77.4 Å². The molecule has 1 heteroatoms. The number of nitrogens with zero attached hydrogens (tertiary/aromatic N) is 1. The highest BCUT2D eigenvalue weighted by atomic mass is 15.0. The SMILES string of the molecule is CN(C)CCC=Cc1ccccc1C=Cc1ccccc1. The van der Waals surface area contributed by atoms with Gasteiger partial charge in [-0.3, -0.25) is 0 Å². The van der Waals surface area contributed by atoms with Gasteiger partial charge < -0.3 is 4.90 Å². The van der Waals surface area contributed by atoms with Crippen LogP contribution in [0.3, 0.4) is 0 Å². The summed E-state index contributed by atoms with van der Waals surface area (Å²) < 4.78 is 0. The molecule has 0 atom stereocenters. The zero-order valence-electron chi connectivity index (χ0n) is 12.9. The highest BCUT2D eigenvalue weighted by Crippen LogP contribution is 2.15. The summed E-state index contributed by atoms with van der Waals surface area (Å²) in [6.07, 6.45) is 9.88. The molecule has 0 N–H and O–H groups in total. The van der Waals surface area contributed by atoms with Gasteiger partial charge in [-0.1, -0.05) is 78.9 Å². The third-order valence-corrected chi connectivity index (χ3v) is 3.29. The van der Waals surface area contributed by atoms with Crippen molar-refractivity contribution in [3.63, 3.8) is 0 Å². The summed E-state index contributed by atoms with van der Waals surface area (Å²) in [5.74, 6) is 0. The molecule has 0 amide bonds. The minimum atomic E-state index is 1.07. The van der Waals surface area contributed by atoms with E-state index in [2.05, 4.69) is 91.8 Å². The van der Waals surface area contributed by atoms with Crippen LogP contribution >= 0.6 is 0 Å². The van der Waals surface area contributed by atoms with Gasteiger partial charge in [-0.25, -0.2) is 0 Å². The Hall–Kier alpha value is -2.12. The van der Waals surface area contributed by atoms with Gasteiger partial charge in [0.25, 0.3) is 0 Å². The molecule has 108 valence electrons. The lowest BCUT2D eigenvalue weighted by Gasteiger charge is -2.06. The molecule has 0 spiro atoms. The second-order valence-corrected chi connectivity index (χ2v) is 5.37. The number of benzene rings is 2. The van der Waals surface area contributed by atoms with Crippen LogP contribution in [0.25, 0.3) is 18.2 Å². The Morgan fingerprint density at radius 2 is 1.38 bits per heavy atom. The Morgan fingerprint density at radius 3 is 2.05 bits per heavy atom. The minimum absolute atomic E-state index is 1.07. The normalized spacial score (nSPS) is 11.8. The third-order valence-electron chi connectivity index (χ3n) is 3.29. The number of hydrogen-bond donors (Lipinski definition) is 0. The van der Waals surface area contributed by atoms with Crippen molar-refractivity contribution >= 4 is 18.2 Å². The van der Waals surface area contributed by atoms with E-state index < -0.39 is 0 Å².